The van der Waals surface area contributed by atoms with Gasteiger partial charge in [-0.1, -0.05) is 13.3 Å². The van der Waals surface area contributed by atoms with Crippen molar-refractivity contribution >= 4 is 11.9 Å². The van der Waals surface area contributed by atoms with Crippen molar-refractivity contribution in [1.29, 1.82) is 0 Å². The molecule has 2 rings (SSSR count). The van der Waals surface area contributed by atoms with E-state index in [2.05, 4.69) is 31.9 Å². The first-order chi connectivity index (χ1) is 9.83. The van der Waals surface area contributed by atoms with Crippen LogP contribution in [0.2, 0.25) is 0 Å². The van der Waals surface area contributed by atoms with Crippen LogP contribution in [0.5, 0.6) is 6.01 Å². The lowest BCUT2D eigenvalue weighted by Crippen LogP contribution is -2.37. The van der Waals surface area contributed by atoms with Crippen molar-refractivity contribution in [1.82, 2.24) is 15.0 Å². The summed E-state index contributed by atoms with van der Waals surface area (Å²) in [6.45, 7) is 5.21. The van der Waals surface area contributed by atoms with E-state index in [9.17, 15) is 0 Å². The predicted molar refractivity (Wildman–Crippen MR) is 72.1 cm³/mol. The summed E-state index contributed by atoms with van der Waals surface area (Å²) in [7, 11) is 0. The SMILES string of the molecule is CCCCOc1nc(N=[N+]=[N-])nc(N2CCOCC2)n1. The van der Waals surface area contributed by atoms with Gasteiger partial charge in [0.05, 0.1) is 19.8 Å². The van der Waals surface area contributed by atoms with Crippen molar-refractivity contribution in [3.63, 3.8) is 0 Å². The second-order valence-electron chi connectivity index (χ2n) is 4.21. The first-order valence-electron chi connectivity index (χ1n) is 6.60. The fraction of sp³-hybridized carbons (Fsp3) is 0.727. The standard InChI is InChI=1S/C11H17N7O2/c1-2-3-6-20-11-14-9(16-17-12)13-10(15-11)18-4-7-19-8-5-18/h2-8H2,1H3. The molecule has 0 unspecified atom stereocenters. The van der Waals surface area contributed by atoms with Crippen LogP contribution in [0.15, 0.2) is 5.11 Å². The van der Waals surface area contributed by atoms with Crippen LogP contribution in [-0.4, -0.2) is 47.9 Å². The van der Waals surface area contributed by atoms with Crippen LogP contribution in [-0.2, 0) is 4.74 Å². The zero-order valence-electron chi connectivity index (χ0n) is 11.4. The van der Waals surface area contributed by atoms with Gasteiger partial charge >= 0.3 is 6.01 Å². The second-order valence-corrected chi connectivity index (χ2v) is 4.21. The lowest BCUT2D eigenvalue weighted by Gasteiger charge is -2.26. The highest BCUT2D eigenvalue weighted by Gasteiger charge is 2.16. The Bertz CT molecular complexity index is 484. The Morgan fingerprint density at radius 1 is 1.35 bits per heavy atom. The molecule has 0 aromatic carbocycles. The number of ether oxygens (including phenoxy) is 2. The maximum Gasteiger partial charge on any atom is 0.321 e. The largest absolute Gasteiger partial charge is 0.463 e. The maximum atomic E-state index is 8.51. The van der Waals surface area contributed by atoms with Crippen molar-refractivity contribution in [2.45, 2.75) is 19.8 Å². The number of aromatic nitrogens is 3. The molecule has 1 aromatic rings. The minimum absolute atomic E-state index is 0.0236. The Kier molecular flexibility index (Phi) is 5.33. The first-order valence-corrected chi connectivity index (χ1v) is 6.60. The molecular formula is C11H17N7O2. The molecule has 0 saturated carbocycles. The van der Waals surface area contributed by atoms with Gasteiger partial charge in [-0.25, -0.2) is 0 Å². The van der Waals surface area contributed by atoms with Crippen LogP contribution in [0, 0.1) is 0 Å². The average molecular weight is 279 g/mol. The zero-order valence-corrected chi connectivity index (χ0v) is 11.4. The topological polar surface area (TPSA) is 109 Å². The fourth-order valence-corrected chi connectivity index (χ4v) is 1.70. The molecule has 1 saturated heterocycles. The molecule has 1 fully saturated rings. The highest BCUT2D eigenvalue weighted by atomic mass is 16.5. The van der Waals surface area contributed by atoms with Crippen molar-refractivity contribution in [3.05, 3.63) is 10.4 Å². The number of nitrogens with zero attached hydrogens (tertiary/aromatic N) is 7. The summed E-state index contributed by atoms with van der Waals surface area (Å²) in [6, 6.07) is 0.192. The predicted octanol–water partition coefficient (Wildman–Crippen LogP) is 1.83. The van der Waals surface area contributed by atoms with Gasteiger partial charge in [-0.05, 0) is 17.1 Å². The lowest BCUT2D eigenvalue weighted by molar-refractivity contribution is 0.122. The quantitative estimate of drug-likeness (QED) is 0.340. The monoisotopic (exact) mass is 279 g/mol. The van der Waals surface area contributed by atoms with E-state index >= 15 is 0 Å². The molecule has 1 aliphatic heterocycles. The molecule has 0 spiro atoms. The van der Waals surface area contributed by atoms with Gasteiger partial charge in [0.2, 0.25) is 11.9 Å². The molecule has 0 bridgehead atoms. The van der Waals surface area contributed by atoms with Gasteiger partial charge in [0.25, 0.3) is 0 Å². The summed E-state index contributed by atoms with van der Waals surface area (Å²) < 4.78 is 10.7. The molecule has 0 atom stereocenters. The van der Waals surface area contributed by atoms with E-state index in [0.717, 1.165) is 12.8 Å². The maximum absolute atomic E-state index is 8.51. The normalized spacial score (nSPS) is 14.8. The molecule has 9 heteroatoms. The van der Waals surface area contributed by atoms with Gasteiger partial charge < -0.3 is 14.4 Å². The average Bonchev–Trinajstić information content (AvgIpc) is 2.49. The van der Waals surface area contributed by atoms with Crippen molar-refractivity contribution in [2.75, 3.05) is 37.8 Å². The fourth-order valence-electron chi connectivity index (χ4n) is 1.70. The van der Waals surface area contributed by atoms with Crippen LogP contribution < -0.4 is 9.64 Å². The van der Waals surface area contributed by atoms with E-state index in [4.69, 9.17) is 15.0 Å². The Morgan fingerprint density at radius 3 is 2.85 bits per heavy atom. The Morgan fingerprint density at radius 2 is 2.15 bits per heavy atom. The molecule has 20 heavy (non-hydrogen) atoms. The lowest BCUT2D eigenvalue weighted by atomic mass is 10.4. The van der Waals surface area contributed by atoms with Crippen LogP contribution >= 0.6 is 0 Å². The van der Waals surface area contributed by atoms with E-state index in [1.807, 2.05) is 4.90 Å². The third-order valence-corrected chi connectivity index (χ3v) is 2.75. The second kappa shape index (κ2) is 7.46. The van der Waals surface area contributed by atoms with Crippen molar-refractivity contribution < 1.29 is 9.47 Å². The van der Waals surface area contributed by atoms with Gasteiger partial charge in [-0.15, -0.1) is 0 Å². The molecule has 108 valence electrons. The molecule has 2 heterocycles. The van der Waals surface area contributed by atoms with E-state index in [1.165, 1.54) is 0 Å². The molecular weight excluding hydrogens is 262 g/mol. The van der Waals surface area contributed by atoms with Gasteiger partial charge in [0, 0.05) is 18.0 Å². The third kappa shape index (κ3) is 3.94. The number of rotatable bonds is 6. The Hall–Kier alpha value is -2.12. The number of unbranched alkanes of at least 4 members (excludes halogenated alkanes) is 1. The van der Waals surface area contributed by atoms with Gasteiger partial charge in [0.15, 0.2) is 0 Å². The minimum Gasteiger partial charge on any atom is -0.463 e. The number of anilines is 1. The minimum atomic E-state index is 0.0236. The smallest absolute Gasteiger partial charge is 0.321 e. The van der Waals surface area contributed by atoms with Gasteiger partial charge in [-0.3, -0.25) is 0 Å². The number of hydrogen-bond acceptors (Lipinski definition) is 7. The van der Waals surface area contributed by atoms with Crippen LogP contribution in [0.4, 0.5) is 11.9 Å². The van der Waals surface area contributed by atoms with Crippen molar-refractivity contribution in [3.8, 4) is 6.01 Å². The summed E-state index contributed by atoms with van der Waals surface area (Å²) in [6.07, 6.45) is 1.93. The molecule has 1 aliphatic rings. The van der Waals surface area contributed by atoms with Crippen LogP contribution in [0.3, 0.4) is 0 Å². The number of azide groups is 1. The Balaban J connectivity index is 2.18. The number of morpholine rings is 1. The van der Waals surface area contributed by atoms with Crippen molar-refractivity contribution in [2.24, 2.45) is 5.11 Å². The third-order valence-electron chi connectivity index (χ3n) is 2.75. The van der Waals surface area contributed by atoms with Gasteiger partial charge in [-0.2, -0.15) is 15.0 Å². The summed E-state index contributed by atoms with van der Waals surface area (Å²) in [5.41, 5.74) is 8.51. The highest BCUT2D eigenvalue weighted by molar-refractivity contribution is 5.36. The molecule has 0 aliphatic carbocycles. The summed E-state index contributed by atoms with van der Waals surface area (Å²) in [4.78, 5) is 17.0. The van der Waals surface area contributed by atoms with Crippen LogP contribution in [0.1, 0.15) is 19.8 Å². The molecule has 0 radical (unpaired) electrons. The van der Waals surface area contributed by atoms with E-state index < -0.39 is 0 Å². The highest BCUT2D eigenvalue weighted by Crippen LogP contribution is 2.18. The number of hydrogen-bond donors (Lipinski definition) is 0. The van der Waals surface area contributed by atoms with E-state index in [-0.39, 0.29) is 12.0 Å². The first kappa shape index (κ1) is 14.3. The molecule has 0 amide bonds. The van der Waals surface area contributed by atoms with E-state index in [0.29, 0.717) is 38.9 Å². The molecule has 0 N–H and O–H groups in total. The summed E-state index contributed by atoms with van der Waals surface area (Å²) in [5, 5.41) is 3.43. The zero-order chi connectivity index (χ0) is 14.2. The molecule has 9 nitrogen and oxygen atoms in total. The van der Waals surface area contributed by atoms with Crippen LogP contribution in [0.25, 0.3) is 10.4 Å². The Labute approximate surface area is 116 Å². The summed E-state index contributed by atoms with van der Waals surface area (Å²) >= 11 is 0. The molecule has 1 aromatic heterocycles. The van der Waals surface area contributed by atoms with Gasteiger partial charge in [0.1, 0.15) is 0 Å². The summed E-state index contributed by atoms with van der Waals surface area (Å²) in [5.74, 6) is 0.479. The van der Waals surface area contributed by atoms with E-state index in [1.54, 1.807) is 0 Å².